The van der Waals surface area contributed by atoms with Crippen LogP contribution in [0.3, 0.4) is 0 Å². The second kappa shape index (κ2) is 6.78. The molecule has 110 valence electrons. The number of nitrogens with zero attached hydrogens (tertiary/aromatic N) is 1. The number of rotatable bonds is 5. The summed E-state index contributed by atoms with van der Waals surface area (Å²) in [5.74, 6) is 1.30. The molecule has 2 rings (SSSR count). The minimum Gasteiger partial charge on any atom is -0.497 e. The highest BCUT2D eigenvalue weighted by molar-refractivity contribution is 5.79. The predicted octanol–water partition coefficient (Wildman–Crippen LogP) is 3.79. The smallest absolute Gasteiger partial charge is 0.225 e. The molecular formula is C17H25NO2. The first-order valence-corrected chi connectivity index (χ1v) is 7.61. The summed E-state index contributed by atoms with van der Waals surface area (Å²) in [5, 5.41) is 0. The van der Waals surface area contributed by atoms with Crippen molar-refractivity contribution in [3.8, 4) is 5.75 Å². The maximum atomic E-state index is 12.6. The highest BCUT2D eigenvalue weighted by Gasteiger charge is 2.32. The van der Waals surface area contributed by atoms with Crippen molar-refractivity contribution in [2.75, 3.05) is 13.7 Å². The summed E-state index contributed by atoms with van der Waals surface area (Å²) in [6.07, 6.45) is 4.18. The van der Waals surface area contributed by atoms with Gasteiger partial charge in [0, 0.05) is 12.5 Å². The fourth-order valence-corrected chi connectivity index (χ4v) is 3.07. The molecule has 3 heteroatoms. The molecule has 3 nitrogen and oxygen atoms in total. The van der Waals surface area contributed by atoms with Crippen LogP contribution in [0.25, 0.3) is 0 Å². The quantitative estimate of drug-likeness (QED) is 0.818. The van der Waals surface area contributed by atoms with E-state index in [4.69, 9.17) is 4.74 Å². The summed E-state index contributed by atoms with van der Waals surface area (Å²) in [6, 6.07) is 8.33. The zero-order valence-corrected chi connectivity index (χ0v) is 12.8. The first-order valence-electron chi connectivity index (χ1n) is 7.61. The van der Waals surface area contributed by atoms with Crippen LogP contribution in [0.4, 0.5) is 0 Å². The minimum absolute atomic E-state index is 0.131. The topological polar surface area (TPSA) is 29.5 Å². The number of ether oxygens (including phenoxy) is 1. The van der Waals surface area contributed by atoms with Crippen LogP contribution in [-0.2, 0) is 4.79 Å². The lowest BCUT2D eigenvalue weighted by atomic mass is 10.0. The van der Waals surface area contributed by atoms with E-state index in [1.807, 2.05) is 19.1 Å². The number of benzene rings is 1. The monoisotopic (exact) mass is 275 g/mol. The number of hydrogen-bond donors (Lipinski definition) is 0. The molecule has 2 atom stereocenters. The van der Waals surface area contributed by atoms with Crippen molar-refractivity contribution in [2.24, 2.45) is 5.92 Å². The summed E-state index contributed by atoms with van der Waals surface area (Å²) >= 11 is 0. The third-order valence-corrected chi connectivity index (χ3v) is 4.16. The third-order valence-electron chi connectivity index (χ3n) is 4.16. The van der Waals surface area contributed by atoms with Crippen molar-refractivity contribution in [1.29, 1.82) is 0 Å². The van der Waals surface area contributed by atoms with Crippen LogP contribution in [0.2, 0.25) is 0 Å². The molecule has 0 saturated carbocycles. The Bertz CT molecular complexity index is 458. The molecule has 2 unspecified atom stereocenters. The third kappa shape index (κ3) is 3.14. The van der Waals surface area contributed by atoms with Gasteiger partial charge in [0.15, 0.2) is 0 Å². The van der Waals surface area contributed by atoms with Crippen LogP contribution in [0.1, 0.15) is 51.1 Å². The van der Waals surface area contributed by atoms with E-state index >= 15 is 0 Å². The van der Waals surface area contributed by atoms with Gasteiger partial charge in [0.1, 0.15) is 5.75 Å². The van der Waals surface area contributed by atoms with Gasteiger partial charge in [0.2, 0.25) is 5.91 Å². The molecule has 0 N–H and O–H groups in total. The van der Waals surface area contributed by atoms with Gasteiger partial charge in [0.25, 0.3) is 0 Å². The van der Waals surface area contributed by atoms with Crippen molar-refractivity contribution in [3.63, 3.8) is 0 Å². The van der Waals surface area contributed by atoms with E-state index in [0.29, 0.717) is 5.91 Å². The molecule has 0 radical (unpaired) electrons. The summed E-state index contributed by atoms with van der Waals surface area (Å²) in [4.78, 5) is 14.6. The van der Waals surface area contributed by atoms with Gasteiger partial charge in [-0.2, -0.15) is 0 Å². The fourth-order valence-electron chi connectivity index (χ4n) is 3.07. The van der Waals surface area contributed by atoms with Gasteiger partial charge in [-0.15, -0.1) is 0 Å². The average Bonchev–Trinajstić information content (AvgIpc) is 2.96. The molecule has 1 aromatic rings. The first kappa shape index (κ1) is 14.9. The number of methoxy groups -OCH3 is 1. The molecule has 1 fully saturated rings. The van der Waals surface area contributed by atoms with Crippen LogP contribution in [-0.4, -0.2) is 24.5 Å². The zero-order chi connectivity index (χ0) is 14.5. The highest BCUT2D eigenvalue weighted by Crippen LogP contribution is 2.34. The van der Waals surface area contributed by atoms with Crippen molar-refractivity contribution in [2.45, 2.75) is 45.6 Å². The Kier molecular flexibility index (Phi) is 5.05. The lowest BCUT2D eigenvalue weighted by molar-refractivity contribution is -0.136. The van der Waals surface area contributed by atoms with Crippen LogP contribution >= 0.6 is 0 Å². The van der Waals surface area contributed by atoms with Crippen LogP contribution in [0, 0.1) is 5.92 Å². The molecule has 0 aliphatic carbocycles. The summed E-state index contributed by atoms with van der Waals surface area (Å²) in [6.45, 7) is 5.06. The molecular weight excluding hydrogens is 250 g/mol. The largest absolute Gasteiger partial charge is 0.497 e. The van der Waals surface area contributed by atoms with Gasteiger partial charge in [-0.1, -0.05) is 32.4 Å². The van der Waals surface area contributed by atoms with Crippen LogP contribution in [0.5, 0.6) is 5.75 Å². The molecule has 0 spiro atoms. The Balaban J connectivity index is 2.16. The number of hydrogen-bond acceptors (Lipinski definition) is 2. The summed E-state index contributed by atoms with van der Waals surface area (Å²) in [5.41, 5.74) is 1.19. The van der Waals surface area contributed by atoms with Gasteiger partial charge in [-0.05, 0) is 37.0 Å². The fraction of sp³-hybridized carbons (Fsp3) is 0.588. The van der Waals surface area contributed by atoms with Crippen molar-refractivity contribution >= 4 is 5.91 Å². The Morgan fingerprint density at radius 2 is 2.30 bits per heavy atom. The molecule has 1 aliphatic rings. The molecule has 1 aromatic carbocycles. The molecule has 0 bridgehead atoms. The van der Waals surface area contributed by atoms with Gasteiger partial charge >= 0.3 is 0 Å². The van der Waals surface area contributed by atoms with E-state index in [2.05, 4.69) is 24.0 Å². The zero-order valence-electron chi connectivity index (χ0n) is 12.8. The Morgan fingerprint density at radius 3 is 3.00 bits per heavy atom. The normalized spacial score (nSPS) is 19.9. The second-order valence-electron chi connectivity index (χ2n) is 5.66. The number of carbonyl (C=O) groups excluding carboxylic acids is 1. The standard InChI is InChI=1S/C17H25NO2/c1-4-7-13(2)17(19)18-11-6-10-16(18)14-8-5-9-15(12-14)20-3/h5,8-9,12-13,16H,4,6-7,10-11H2,1-3H3. The van der Waals surface area contributed by atoms with Gasteiger partial charge in [-0.25, -0.2) is 0 Å². The SMILES string of the molecule is CCCC(C)C(=O)N1CCCC1c1cccc(OC)c1. The van der Waals surface area contributed by atoms with E-state index in [0.717, 1.165) is 38.0 Å². The Morgan fingerprint density at radius 1 is 1.50 bits per heavy atom. The molecule has 1 saturated heterocycles. The minimum atomic E-state index is 0.131. The number of carbonyl (C=O) groups is 1. The first-order chi connectivity index (χ1) is 9.67. The summed E-state index contributed by atoms with van der Waals surface area (Å²) in [7, 11) is 1.68. The van der Waals surface area contributed by atoms with E-state index < -0.39 is 0 Å². The highest BCUT2D eigenvalue weighted by atomic mass is 16.5. The Hall–Kier alpha value is -1.51. The van der Waals surface area contributed by atoms with E-state index in [9.17, 15) is 4.79 Å². The molecule has 0 aromatic heterocycles. The van der Waals surface area contributed by atoms with Gasteiger partial charge in [0.05, 0.1) is 13.2 Å². The van der Waals surface area contributed by atoms with E-state index in [-0.39, 0.29) is 12.0 Å². The maximum absolute atomic E-state index is 12.6. The molecule has 20 heavy (non-hydrogen) atoms. The summed E-state index contributed by atoms with van der Waals surface area (Å²) < 4.78 is 5.29. The van der Waals surface area contributed by atoms with Crippen molar-refractivity contribution in [1.82, 2.24) is 4.90 Å². The number of likely N-dealkylation sites (tertiary alicyclic amines) is 1. The van der Waals surface area contributed by atoms with Crippen molar-refractivity contribution < 1.29 is 9.53 Å². The molecule has 1 aliphatic heterocycles. The van der Waals surface area contributed by atoms with Crippen LogP contribution in [0.15, 0.2) is 24.3 Å². The van der Waals surface area contributed by atoms with Gasteiger partial charge < -0.3 is 9.64 Å². The maximum Gasteiger partial charge on any atom is 0.225 e. The average molecular weight is 275 g/mol. The second-order valence-corrected chi connectivity index (χ2v) is 5.66. The molecule has 1 amide bonds. The lowest BCUT2D eigenvalue weighted by Crippen LogP contribution is -2.34. The van der Waals surface area contributed by atoms with Crippen LogP contribution < -0.4 is 4.74 Å². The van der Waals surface area contributed by atoms with Gasteiger partial charge in [-0.3, -0.25) is 4.79 Å². The van der Waals surface area contributed by atoms with Crippen molar-refractivity contribution in [3.05, 3.63) is 29.8 Å². The lowest BCUT2D eigenvalue weighted by Gasteiger charge is -2.28. The molecule has 1 heterocycles. The van der Waals surface area contributed by atoms with E-state index in [1.165, 1.54) is 5.56 Å². The Labute approximate surface area is 121 Å². The number of amides is 1. The predicted molar refractivity (Wildman–Crippen MR) is 80.8 cm³/mol. The van der Waals surface area contributed by atoms with E-state index in [1.54, 1.807) is 7.11 Å².